The van der Waals surface area contributed by atoms with Crippen molar-refractivity contribution >= 4 is 23.3 Å². The monoisotopic (exact) mass is 187 g/mol. The number of nitrogens with zero attached hydrogens (tertiary/aromatic N) is 1. The molecule has 0 radical (unpaired) electrons. The van der Waals surface area contributed by atoms with Gasteiger partial charge in [-0.3, -0.25) is 4.79 Å². The molecule has 0 bridgehead atoms. The van der Waals surface area contributed by atoms with Crippen LogP contribution in [0.25, 0.3) is 0 Å². The van der Waals surface area contributed by atoms with Crippen LogP contribution in [0.15, 0.2) is 4.99 Å². The van der Waals surface area contributed by atoms with Crippen LogP contribution >= 0.6 is 12.2 Å². The molecule has 4 heteroatoms. The third kappa shape index (κ3) is 4.99. The summed E-state index contributed by atoms with van der Waals surface area (Å²) in [6.45, 7) is 3.80. The van der Waals surface area contributed by atoms with Crippen molar-refractivity contribution in [1.82, 2.24) is 0 Å². The summed E-state index contributed by atoms with van der Waals surface area (Å²) >= 11 is 4.48. The minimum Gasteiger partial charge on any atom is -0.469 e. The smallest absolute Gasteiger partial charge is 0.305 e. The Morgan fingerprint density at radius 3 is 2.67 bits per heavy atom. The van der Waals surface area contributed by atoms with Crippen LogP contribution in [0, 0.1) is 0 Å². The Bertz CT molecular complexity index is 207. The summed E-state index contributed by atoms with van der Waals surface area (Å²) in [4.78, 5) is 14.7. The highest BCUT2D eigenvalue weighted by Crippen LogP contribution is 2.15. The first-order chi connectivity index (χ1) is 5.52. The van der Waals surface area contributed by atoms with E-state index in [1.165, 1.54) is 7.11 Å². The van der Waals surface area contributed by atoms with Crippen molar-refractivity contribution in [3.63, 3.8) is 0 Å². The molecule has 0 amide bonds. The number of ether oxygens (including phenoxy) is 1. The van der Waals surface area contributed by atoms with Gasteiger partial charge in [0.25, 0.3) is 0 Å². The first kappa shape index (κ1) is 11.3. The minimum absolute atomic E-state index is 0.220. The van der Waals surface area contributed by atoms with Crippen molar-refractivity contribution in [2.75, 3.05) is 7.11 Å². The lowest BCUT2D eigenvalue weighted by atomic mass is 10.00. The van der Waals surface area contributed by atoms with Gasteiger partial charge in [-0.1, -0.05) is 0 Å². The van der Waals surface area contributed by atoms with Crippen molar-refractivity contribution in [2.45, 2.75) is 32.2 Å². The molecule has 0 aliphatic rings. The number of hydrogen-bond donors (Lipinski definition) is 0. The van der Waals surface area contributed by atoms with Crippen molar-refractivity contribution in [1.29, 1.82) is 0 Å². The number of hydrogen-bond acceptors (Lipinski definition) is 4. The SMILES string of the molecule is COC(=O)CCC(C)(C)N=C=S. The normalized spacial score (nSPS) is 10.2. The Morgan fingerprint density at radius 2 is 2.25 bits per heavy atom. The predicted molar refractivity (Wildman–Crippen MR) is 50.4 cm³/mol. The number of aliphatic imine (C=N–C) groups is 1. The molecule has 0 N–H and O–H groups in total. The Balaban J connectivity index is 3.91. The number of carbonyl (C=O) groups is 1. The summed E-state index contributed by atoms with van der Waals surface area (Å²) in [5, 5.41) is 2.31. The maximum atomic E-state index is 10.8. The third-order valence-electron chi connectivity index (χ3n) is 1.52. The highest BCUT2D eigenvalue weighted by molar-refractivity contribution is 7.78. The Morgan fingerprint density at radius 1 is 1.67 bits per heavy atom. The van der Waals surface area contributed by atoms with Gasteiger partial charge >= 0.3 is 5.97 Å². The molecular weight excluding hydrogens is 174 g/mol. The second-order valence-electron chi connectivity index (χ2n) is 3.09. The van der Waals surface area contributed by atoms with E-state index >= 15 is 0 Å². The molecule has 0 saturated carbocycles. The van der Waals surface area contributed by atoms with E-state index in [-0.39, 0.29) is 11.5 Å². The number of carbonyl (C=O) groups excluding carboxylic acids is 1. The average Bonchev–Trinajstić information content (AvgIpc) is 2.00. The van der Waals surface area contributed by atoms with E-state index in [4.69, 9.17) is 0 Å². The Hall–Kier alpha value is -0.730. The van der Waals surface area contributed by atoms with Gasteiger partial charge in [-0.05, 0) is 32.5 Å². The van der Waals surface area contributed by atoms with Crippen molar-refractivity contribution < 1.29 is 9.53 Å². The van der Waals surface area contributed by atoms with Gasteiger partial charge < -0.3 is 4.74 Å². The van der Waals surface area contributed by atoms with Gasteiger partial charge in [-0.15, -0.1) is 0 Å². The molecule has 0 aliphatic heterocycles. The fraction of sp³-hybridized carbons (Fsp3) is 0.750. The topological polar surface area (TPSA) is 38.7 Å². The van der Waals surface area contributed by atoms with Crippen LogP contribution in [0.1, 0.15) is 26.7 Å². The molecule has 0 saturated heterocycles. The van der Waals surface area contributed by atoms with Crippen LogP contribution in [0.5, 0.6) is 0 Å². The molecule has 0 aromatic heterocycles. The second-order valence-corrected chi connectivity index (χ2v) is 3.27. The largest absolute Gasteiger partial charge is 0.469 e. The van der Waals surface area contributed by atoms with E-state index in [0.29, 0.717) is 12.8 Å². The lowest BCUT2D eigenvalue weighted by Crippen LogP contribution is -2.18. The summed E-state index contributed by atoms with van der Waals surface area (Å²) in [7, 11) is 1.37. The van der Waals surface area contributed by atoms with Gasteiger partial charge in [-0.25, -0.2) is 4.99 Å². The number of thiocarbonyl (C=S) groups is 1. The minimum atomic E-state index is -0.310. The molecule has 0 aromatic carbocycles. The predicted octanol–water partition coefficient (Wildman–Crippen LogP) is 1.82. The molecule has 0 unspecified atom stereocenters. The van der Waals surface area contributed by atoms with Crippen LogP contribution in [0.3, 0.4) is 0 Å². The van der Waals surface area contributed by atoms with Crippen LogP contribution in [0.4, 0.5) is 0 Å². The van der Waals surface area contributed by atoms with E-state index in [0.717, 1.165) is 0 Å². The second kappa shape index (κ2) is 5.01. The number of methoxy groups -OCH3 is 1. The molecule has 3 nitrogen and oxygen atoms in total. The summed E-state index contributed by atoms with van der Waals surface area (Å²) in [6.07, 6.45) is 0.993. The molecule has 0 rings (SSSR count). The van der Waals surface area contributed by atoms with Gasteiger partial charge in [0.2, 0.25) is 0 Å². The standard InChI is InChI=1S/C8H13NO2S/c1-8(2,9-6-12)5-4-7(10)11-3/h4-5H2,1-3H3. The first-order valence-corrected chi connectivity index (χ1v) is 4.08. The van der Waals surface area contributed by atoms with E-state index < -0.39 is 0 Å². The summed E-state index contributed by atoms with van der Waals surface area (Å²) in [6, 6.07) is 0. The molecule has 12 heavy (non-hydrogen) atoms. The zero-order valence-corrected chi connectivity index (χ0v) is 8.40. The maximum absolute atomic E-state index is 10.8. The zero-order valence-electron chi connectivity index (χ0n) is 7.59. The Labute approximate surface area is 77.8 Å². The molecule has 0 atom stereocenters. The van der Waals surface area contributed by atoms with Crippen LogP contribution in [-0.4, -0.2) is 23.8 Å². The van der Waals surface area contributed by atoms with Crippen LogP contribution in [-0.2, 0) is 9.53 Å². The van der Waals surface area contributed by atoms with E-state index in [2.05, 4.69) is 27.1 Å². The quantitative estimate of drug-likeness (QED) is 0.383. The molecule has 0 aliphatic carbocycles. The fourth-order valence-electron chi connectivity index (χ4n) is 0.689. The van der Waals surface area contributed by atoms with Crippen LogP contribution < -0.4 is 0 Å². The molecule has 68 valence electrons. The first-order valence-electron chi connectivity index (χ1n) is 3.67. The maximum Gasteiger partial charge on any atom is 0.305 e. The molecular formula is C8H13NO2S. The van der Waals surface area contributed by atoms with Gasteiger partial charge in [0.15, 0.2) is 0 Å². The average molecular weight is 187 g/mol. The zero-order chi connectivity index (χ0) is 9.61. The van der Waals surface area contributed by atoms with Gasteiger partial charge in [0.05, 0.1) is 17.8 Å². The molecule has 0 spiro atoms. The molecule has 0 aromatic rings. The highest BCUT2D eigenvalue weighted by atomic mass is 32.1. The number of rotatable bonds is 4. The van der Waals surface area contributed by atoms with Crippen molar-refractivity contribution in [3.05, 3.63) is 0 Å². The van der Waals surface area contributed by atoms with Crippen LogP contribution in [0.2, 0.25) is 0 Å². The lowest BCUT2D eigenvalue weighted by molar-refractivity contribution is -0.140. The van der Waals surface area contributed by atoms with E-state index in [9.17, 15) is 4.79 Å². The summed E-state index contributed by atoms with van der Waals surface area (Å²) in [5.74, 6) is -0.220. The highest BCUT2D eigenvalue weighted by Gasteiger charge is 2.17. The number of esters is 1. The summed E-state index contributed by atoms with van der Waals surface area (Å²) in [5.41, 5.74) is -0.310. The lowest BCUT2D eigenvalue weighted by Gasteiger charge is -2.16. The van der Waals surface area contributed by atoms with Crippen molar-refractivity contribution in [2.24, 2.45) is 4.99 Å². The third-order valence-corrected chi connectivity index (χ3v) is 1.61. The van der Waals surface area contributed by atoms with E-state index in [1.54, 1.807) is 0 Å². The molecule has 0 fully saturated rings. The Kier molecular flexibility index (Phi) is 4.71. The van der Waals surface area contributed by atoms with Crippen molar-refractivity contribution in [3.8, 4) is 0 Å². The van der Waals surface area contributed by atoms with E-state index in [1.807, 2.05) is 13.8 Å². The molecule has 0 heterocycles. The van der Waals surface area contributed by atoms with Gasteiger partial charge in [-0.2, -0.15) is 0 Å². The van der Waals surface area contributed by atoms with Gasteiger partial charge in [0, 0.05) is 6.42 Å². The van der Waals surface area contributed by atoms with Gasteiger partial charge in [0.1, 0.15) is 0 Å². The fourth-order valence-corrected chi connectivity index (χ4v) is 0.937. The summed E-state index contributed by atoms with van der Waals surface area (Å²) < 4.78 is 4.50. The number of isothiocyanates is 1.